The molecule has 0 bridgehead atoms. The molecule has 0 unspecified atom stereocenters. The van der Waals surface area contributed by atoms with Gasteiger partial charge in [0.15, 0.2) is 0 Å². The summed E-state index contributed by atoms with van der Waals surface area (Å²) in [6.45, 7) is 2.30. The summed E-state index contributed by atoms with van der Waals surface area (Å²) >= 11 is 0. The number of amides is 1. The first-order valence-corrected chi connectivity index (χ1v) is 7.97. The molecule has 25 heavy (non-hydrogen) atoms. The number of hydrogen-bond donors (Lipinski definition) is 1. The number of nitrogens with zero attached hydrogens (tertiary/aromatic N) is 2. The van der Waals surface area contributed by atoms with Crippen molar-refractivity contribution in [3.63, 3.8) is 0 Å². The Labute approximate surface area is 145 Å². The number of aryl methyl sites for hydroxylation is 1. The van der Waals surface area contributed by atoms with E-state index < -0.39 is 0 Å². The van der Waals surface area contributed by atoms with Crippen LogP contribution in [-0.2, 0) is 6.42 Å². The summed E-state index contributed by atoms with van der Waals surface area (Å²) in [5.41, 5.74) is 2.52. The van der Waals surface area contributed by atoms with Crippen molar-refractivity contribution in [2.24, 2.45) is 0 Å². The standard InChI is InChI=1S/C19H19N3O3/c1-13-21-22-19(25-13)16-7-5-15(6-8-16)18(23)20-12-11-14-3-9-17(24-2)10-4-14/h3-10H,11-12H2,1-2H3,(H,20,23). The molecule has 0 aliphatic heterocycles. The molecule has 2 aromatic carbocycles. The lowest BCUT2D eigenvalue weighted by Crippen LogP contribution is -2.25. The summed E-state index contributed by atoms with van der Waals surface area (Å²) in [5, 5.41) is 10.7. The van der Waals surface area contributed by atoms with Crippen molar-refractivity contribution >= 4 is 5.91 Å². The van der Waals surface area contributed by atoms with E-state index in [-0.39, 0.29) is 5.91 Å². The summed E-state index contributed by atoms with van der Waals surface area (Å²) in [4.78, 5) is 12.2. The summed E-state index contributed by atoms with van der Waals surface area (Å²) in [5.74, 6) is 1.67. The molecule has 1 amide bonds. The number of carbonyl (C=O) groups is 1. The summed E-state index contributed by atoms with van der Waals surface area (Å²) < 4.78 is 10.5. The molecule has 1 N–H and O–H groups in total. The molecule has 6 nitrogen and oxygen atoms in total. The number of rotatable bonds is 6. The molecule has 0 fully saturated rings. The Bertz CT molecular complexity index is 839. The van der Waals surface area contributed by atoms with Crippen molar-refractivity contribution in [3.8, 4) is 17.2 Å². The predicted octanol–water partition coefficient (Wildman–Crippen LogP) is 3.03. The third-order valence-electron chi connectivity index (χ3n) is 3.78. The fraction of sp³-hybridized carbons (Fsp3) is 0.211. The predicted molar refractivity (Wildman–Crippen MR) is 93.5 cm³/mol. The molecule has 6 heteroatoms. The van der Waals surface area contributed by atoms with E-state index in [0.29, 0.717) is 23.9 Å². The summed E-state index contributed by atoms with van der Waals surface area (Å²) in [7, 11) is 1.64. The van der Waals surface area contributed by atoms with Crippen LogP contribution in [0.25, 0.3) is 11.5 Å². The van der Waals surface area contributed by atoms with Crippen molar-refractivity contribution in [1.82, 2.24) is 15.5 Å². The van der Waals surface area contributed by atoms with Gasteiger partial charge in [-0.25, -0.2) is 0 Å². The molecule has 0 aliphatic carbocycles. The van der Waals surface area contributed by atoms with Crippen molar-refractivity contribution in [2.75, 3.05) is 13.7 Å². The van der Waals surface area contributed by atoms with Crippen molar-refractivity contribution < 1.29 is 13.9 Å². The zero-order chi connectivity index (χ0) is 17.6. The molecule has 128 valence electrons. The van der Waals surface area contributed by atoms with E-state index in [4.69, 9.17) is 9.15 Å². The number of aromatic nitrogens is 2. The SMILES string of the molecule is COc1ccc(CCNC(=O)c2ccc(-c3nnc(C)o3)cc2)cc1. The van der Waals surface area contributed by atoms with E-state index in [1.54, 1.807) is 38.3 Å². The number of nitrogens with one attached hydrogen (secondary N) is 1. The molecule has 1 aromatic heterocycles. The molecule has 0 saturated heterocycles. The maximum atomic E-state index is 12.2. The lowest BCUT2D eigenvalue weighted by Gasteiger charge is -2.06. The second-order valence-electron chi connectivity index (χ2n) is 5.56. The average molecular weight is 337 g/mol. The Morgan fingerprint density at radius 3 is 2.40 bits per heavy atom. The van der Waals surface area contributed by atoms with Gasteiger partial charge in [0, 0.05) is 24.6 Å². The molecule has 1 heterocycles. The van der Waals surface area contributed by atoms with Gasteiger partial charge in [-0.15, -0.1) is 10.2 Å². The number of ether oxygens (including phenoxy) is 1. The van der Waals surface area contributed by atoms with Gasteiger partial charge in [-0.1, -0.05) is 12.1 Å². The van der Waals surface area contributed by atoms with Crippen LogP contribution in [-0.4, -0.2) is 29.8 Å². The minimum Gasteiger partial charge on any atom is -0.497 e. The molecular weight excluding hydrogens is 318 g/mol. The Morgan fingerprint density at radius 1 is 1.08 bits per heavy atom. The summed E-state index contributed by atoms with van der Waals surface area (Å²) in [6.07, 6.45) is 0.759. The topological polar surface area (TPSA) is 77.2 Å². The van der Waals surface area contributed by atoms with E-state index in [2.05, 4.69) is 15.5 Å². The maximum Gasteiger partial charge on any atom is 0.251 e. The van der Waals surface area contributed by atoms with Gasteiger partial charge in [0.25, 0.3) is 5.91 Å². The van der Waals surface area contributed by atoms with Gasteiger partial charge >= 0.3 is 0 Å². The van der Waals surface area contributed by atoms with Crippen LogP contribution in [0.2, 0.25) is 0 Å². The quantitative estimate of drug-likeness (QED) is 0.748. The van der Waals surface area contributed by atoms with Crippen molar-refractivity contribution in [2.45, 2.75) is 13.3 Å². The maximum absolute atomic E-state index is 12.2. The molecule has 3 aromatic rings. The van der Waals surface area contributed by atoms with Crippen LogP contribution in [0.15, 0.2) is 52.9 Å². The van der Waals surface area contributed by atoms with Crippen LogP contribution in [0.3, 0.4) is 0 Å². The Hall–Kier alpha value is -3.15. The lowest BCUT2D eigenvalue weighted by atomic mass is 10.1. The fourth-order valence-corrected chi connectivity index (χ4v) is 2.39. The van der Waals surface area contributed by atoms with Gasteiger partial charge in [0.05, 0.1) is 7.11 Å². The summed E-state index contributed by atoms with van der Waals surface area (Å²) in [6, 6.07) is 14.9. The highest BCUT2D eigenvalue weighted by molar-refractivity contribution is 5.94. The van der Waals surface area contributed by atoms with Crippen molar-refractivity contribution in [3.05, 3.63) is 65.5 Å². The molecule has 0 spiro atoms. The minimum atomic E-state index is -0.109. The third kappa shape index (κ3) is 4.23. The first-order valence-electron chi connectivity index (χ1n) is 7.97. The van der Waals surface area contributed by atoms with Crippen LogP contribution in [0.1, 0.15) is 21.8 Å². The van der Waals surface area contributed by atoms with Gasteiger partial charge < -0.3 is 14.5 Å². The number of methoxy groups -OCH3 is 1. The second-order valence-corrected chi connectivity index (χ2v) is 5.56. The smallest absolute Gasteiger partial charge is 0.251 e. The average Bonchev–Trinajstić information content (AvgIpc) is 3.09. The normalized spacial score (nSPS) is 10.5. The van der Waals surface area contributed by atoms with E-state index in [1.807, 2.05) is 24.3 Å². The Balaban J connectivity index is 1.54. The highest BCUT2D eigenvalue weighted by Crippen LogP contribution is 2.18. The minimum absolute atomic E-state index is 0.109. The van der Waals surface area contributed by atoms with Crippen molar-refractivity contribution in [1.29, 1.82) is 0 Å². The number of hydrogen-bond acceptors (Lipinski definition) is 5. The van der Waals surface area contributed by atoms with Gasteiger partial charge in [-0.2, -0.15) is 0 Å². The zero-order valence-corrected chi connectivity index (χ0v) is 14.2. The van der Waals surface area contributed by atoms with E-state index in [0.717, 1.165) is 23.3 Å². The first-order chi connectivity index (χ1) is 12.2. The van der Waals surface area contributed by atoms with Gasteiger partial charge in [0.2, 0.25) is 11.8 Å². The highest BCUT2D eigenvalue weighted by atomic mass is 16.5. The van der Waals surface area contributed by atoms with Gasteiger partial charge in [-0.3, -0.25) is 4.79 Å². The van der Waals surface area contributed by atoms with Gasteiger partial charge in [-0.05, 0) is 48.4 Å². The lowest BCUT2D eigenvalue weighted by molar-refractivity contribution is 0.0954. The molecule has 3 rings (SSSR count). The largest absolute Gasteiger partial charge is 0.497 e. The first kappa shape index (κ1) is 16.7. The number of carbonyl (C=O) groups excluding carboxylic acids is 1. The monoisotopic (exact) mass is 337 g/mol. The third-order valence-corrected chi connectivity index (χ3v) is 3.78. The highest BCUT2D eigenvalue weighted by Gasteiger charge is 2.09. The van der Waals surface area contributed by atoms with Crippen LogP contribution < -0.4 is 10.1 Å². The molecular formula is C19H19N3O3. The molecule has 0 aliphatic rings. The van der Waals surface area contributed by atoms with Crippen LogP contribution >= 0.6 is 0 Å². The fourth-order valence-electron chi connectivity index (χ4n) is 2.39. The number of benzene rings is 2. The van der Waals surface area contributed by atoms with E-state index >= 15 is 0 Å². The van der Waals surface area contributed by atoms with Crippen LogP contribution in [0, 0.1) is 6.92 Å². The van der Waals surface area contributed by atoms with E-state index in [1.165, 1.54) is 0 Å². The Kier molecular flexibility index (Phi) is 5.09. The van der Waals surface area contributed by atoms with Crippen LogP contribution in [0.4, 0.5) is 0 Å². The van der Waals surface area contributed by atoms with E-state index in [9.17, 15) is 4.79 Å². The second kappa shape index (κ2) is 7.61. The van der Waals surface area contributed by atoms with Gasteiger partial charge in [0.1, 0.15) is 5.75 Å². The molecule has 0 saturated carbocycles. The Morgan fingerprint density at radius 2 is 1.80 bits per heavy atom. The van der Waals surface area contributed by atoms with Crippen LogP contribution in [0.5, 0.6) is 5.75 Å². The molecule has 0 atom stereocenters. The molecule has 0 radical (unpaired) electrons. The zero-order valence-electron chi connectivity index (χ0n) is 14.2.